The summed E-state index contributed by atoms with van der Waals surface area (Å²) in [5.41, 5.74) is 7.58. The minimum absolute atomic E-state index is 0.125. The molecule has 1 aromatic rings. The van der Waals surface area contributed by atoms with Gasteiger partial charge in [0.2, 0.25) is 0 Å². The Morgan fingerprint density at radius 1 is 1.27 bits per heavy atom. The number of rotatable bonds is 1. The Morgan fingerprint density at radius 2 is 2.00 bits per heavy atom. The van der Waals surface area contributed by atoms with Gasteiger partial charge in [0, 0.05) is 16.6 Å². The van der Waals surface area contributed by atoms with Gasteiger partial charge in [0.05, 0.1) is 0 Å². The zero-order chi connectivity index (χ0) is 10.8. The maximum Gasteiger partial charge on any atom is 0.158 e. The van der Waals surface area contributed by atoms with Gasteiger partial charge in [0.1, 0.15) is 0 Å². The predicted molar refractivity (Wildman–Crippen MR) is 63.4 cm³/mol. The summed E-state index contributed by atoms with van der Waals surface area (Å²) in [5, 5.41) is 0. The summed E-state index contributed by atoms with van der Waals surface area (Å²) in [6, 6.07) is 7.99. The van der Waals surface area contributed by atoms with Crippen LogP contribution in [0.4, 0.5) is 0 Å². The van der Waals surface area contributed by atoms with E-state index in [-0.39, 0.29) is 11.7 Å². The van der Waals surface area contributed by atoms with Gasteiger partial charge in [-0.3, -0.25) is 4.79 Å². The first-order valence-electron chi connectivity index (χ1n) is 4.90. The summed E-state index contributed by atoms with van der Waals surface area (Å²) in [7, 11) is 0. The van der Waals surface area contributed by atoms with Crippen molar-refractivity contribution in [2.45, 2.75) is 18.8 Å². The lowest BCUT2D eigenvalue weighted by atomic mass is 9.86. The van der Waals surface area contributed by atoms with Crippen molar-refractivity contribution in [3.05, 3.63) is 46.1 Å². The van der Waals surface area contributed by atoms with Gasteiger partial charge in [-0.25, -0.2) is 0 Å². The second-order valence-corrected chi connectivity index (χ2v) is 4.67. The lowest BCUT2D eigenvalue weighted by Gasteiger charge is -2.21. The van der Waals surface area contributed by atoms with Crippen LogP contribution in [0.2, 0.25) is 0 Å². The third-order valence-electron chi connectivity index (χ3n) is 2.62. The molecule has 0 spiro atoms. The van der Waals surface area contributed by atoms with Gasteiger partial charge in [0.15, 0.2) is 5.78 Å². The van der Waals surface area contributed by atoms with E-state index in [0.717, 1.165) is 10.9 Å². The molecule has 0 saturated carbocycles. The molecule has 0 saturated heterocycles. The minimum atomic E-state index is 0.125. The summed E-state index contributed by atoms with van der Waals surface area (Å²) in [6.45, 7) is 0. The molecule has 0 aliphatic heterocycles. The van der Waals surface area contributed by atoms with E-state index in [0.29, 0.717) is 12.1 Å². The molecule has 0 radical (unpaired) electrons. The number of nitrogens with two attached hydrogens (primary N) is 1. The van der Waals surface area contributed by atoms with Crippen LogP contribution >= 0.6 is 15.9 Å². The van der Waals surface area contributed by atoms with E-state index >= 15 is 0 Å². The summed E-state index contributed by atoms with van der Waals surface area (Å²) in [5.74, 6) is 0.345. The molecule has 78 valence electrons. The van der Waals surface area contributed by atoms with Crippen molar-refractivity contribution in [3.8, 4) is 0 Å². The lowest BCUT2D eigenvalue weighted by molar-refractivity contribution is -0.115. The highest BCUT2D eigenvalue weighted by molar-refractivity contribution is 9.10. The Kier molecular flexibility index (Phi) is 2.91. The van der Waals surface area contributed by atoms with Crippen molar-refractivity contribution in [2.24, 2.45) is 5.73 Å². The largest absolute Gasteiger partial charge is 0.402 e. The van der Waals surface area contributed by atoms with Crippen LogP contribution in [0.1, 0.15) is 24.3 Å². The molecule has 1 aromatic carbocycles. The van der Waals surface area contributed by atoms with Crippen molar-refractivity contribution >= 4 is 21.7 Å². The van der Waals surface area contributed by atoms with Crippen molar-refractivity contribution in [2.75, 3.05) is 0 Å². The maximum absolute atomic E-state index is 11.4. The van der Waals surface area contributed by atoms with Gasteiger partial charge in [-0.15, -0.1) is 0 Å². The van der Waals surface area contributed by atoms with Gasteiger partial charge in [-0.05, 0) is 30.0 Å². The van der Waals surface area contributed by atoms with E-state index in [1.807, 2.05) is 24.3 Å². The first-order valence-corrected chi connectivity index (χ1v) is 5.69. The topological polar surface area (TPSA) is 43.1 Å². The van der Waals surface area contributed by atoms with Crippen LogP contribution in [0.5, 0.6) is 0 Å². The normalized spacial score (nSPS) is 21.3. The standard InChI is InChI=1S/C12H12BrNO/c13-12-4-2-1-3-11(12)8-5-9(14)7-10(15)6-8/h1-4,7-8H,5-6,14H2/t8-/m0/s1. The van der Waals surface area contributed by atoms with Gasteiger partial charge < -0.3 is 5.73 Å². The molecule has 0 aromatic heterocycles. The molecule has 3 heteroatoms. The fraction of sp³-hybridized carbons (Fsp3) is 0.250. The third-order valence-corrected chi connectivity index (χ3v) is 3.34. The smallest absolute Gasteiger partial charge is 0.158 e. The van der Waals surface area contributed by atoms with E-state index in [2.05, 4.69) is 15.9 Å². The number of ketones is 1. The van der Waals surface area contributed by atoms with Crippen molar-refractivity contribution in [1.29, 1.82) is 0 Å². The van der Waals surface area contributed by atoms with E-state index in [1.54, 1.807) is 6.08 Å². The molecule has 0 fully saturated rings. The zero-order valence-corrected chi connectivity index (χ0v) is 9.83. The minimum Gasteiger partial charge on any atom is -0.402 e. The molecule has 1 aliphatic rings. The maximum atomic E-state index is 11.4. The first-order chi connectivity index (χ1) is 7.16. The molecule has 1 atom stereocenters. The molecule has 0 heterocycles. The lowest BCUT2D eigenvalue weighted by Crippen LogP contribution is -2.16. The molecule has 15 heavy (non-hydrogen) atoms. The average molecular weight is 266 g/mol. The van der Waals surface area contributed by atoms with Gasteiger partial charge in [-0.2, -0.15) is 0 Å². The fourth-order valence-electron chi connectivity index (χ4n) is 1.95. The second-order valence-electron chi connectivity index (χ2n) is 3.81. The number of carbonyl (C=O) groups is 1. The number of hydrogen-bond donors (Lipinski definition) is 1. The van der Waals surface area contributed by atoms with Crippen LogP contribution in [0.25, 0.3) is 0 Å². The van der Waals surface area contributed by atoms with E-state index in [1.165, 1.54) is 5.56 Å². The molecule has 2 nitrogen and oxygen atoms in total. The van der Waals surface area contributed by atoms with Gasteiger partial charge >= 0.3 is 0 Å². The van der Waals surface area contributed by atoms with E-state index in [9.17, 15) is 4.79 Å². The van der Waals surface area contributed by atoms with E-state index < -0.39 is 0 Å². The van der Waals surface area contributed by atoms with Crippen molar-refractivity contribution in [1.82, 2.24) is 0 Å². The number of allylic oxidation sites excluding steroid dienone is 2. The van der Waals surface area contributed by atoms with Gasteiger partial charge in [-0.1, -0.05) is 34.1 Å². The Labute approximate surface area is 97.3 Å². The molecule has 2 rings (SSSR count). The van der Waals surface area contributed by atoms with Crippen LogP contribution in [0.15, 0.2) is 40.5 Å². The molecule has 0 bridgehead atoms. The van der Waals surface area contributed by atoms with Crippen LogP contribution < -0.4 is 5.73 Å². The SMILES string of the molecule is NC1=CC(=O)C[C@@H](c2ccccc2Br)C1. The molecular formula is C12H12BrNO. The Balaban J connectivity index is 2.30. The van der Waals surface area contributed by atoms with Gasteiger partial charge in [0.25, 0.3) is 0 Å². The Bertz CT molecular complexity index is 425. The first kappa shape index (κ1) is 10.4. The highest BCUT2D eigenvalue weighted by Gasteiger charge is 2.22. The summed E-state index contributed by atoms with van der Waals surface area (Å²) < 4.78 is 1.05. The average Bonchev–Trinajstić information content (AvgIpc) is 2.16. The summed E-state index contributed by atoms with van der Waals surface area (Å²) in [4.78, 5) is 11.4. The second kappa shape index (κ2) is 4.19. The van der Waals surface area contributed by atoms with Crippen molar-refractivity contribution in [3.63, 3.8) is 0 Å². The number of hydrogen-bond acceptors (Lipinski definition) is 2. The molecular weight excluding hydrogens is 254 g/mol. The zero-order valence-electron chi connectivity index (χ0n) is 8.24. The van der Waals surface area contributed by atoms with Crippen LogP contribution in [-0.4, -0.2) is 5.78 Å². The monoisotopic (exact) mass is 265 g/mol. The van der Waals surface area contributed by atoms with Crippen LogP contribution in [0, 0.1) is 0 Å². The number of carbonyl (C=O) groups excluding carboxylic acids is 1. The highest BCUT2D eigenvalue weighted by atomic mass is 79.9. The Morgan fingerprint density at radius 3 is 2.67 bits per heavy atom. The van der Waals surface area contributed by atoms with Crippen LogP contribution in [0.3, 0.4) is 0 Å². The number of benzene rings is 1. The van der Waals surface area contributed by atoms with E-state index in [4.69, 9.17) is 5.73 Å². The highest BCUT2D eigenvalue weighted by Crippen LogP contribution is 2.33. The third kappa shape index (κ3) is 2.29. The molecule has 2 N–H and O–H groups in total. The molecule has 0 amide bonds. The predicted octanol–water partition coefficient (Wildman–Crippen LogP) is 2.74. The summed E-state index contributed by atoms with van der Waals surface area (Å²) >= 11 is 3.50. The van der Waals surface area contributed by atoms with Crippen molar-refractivity contribution < 1.29 is 4.79 Å². The fourth-order valence-corrected chi connectivity index (χ4v) is 2.56. The molecule has 0 unspecified atom stereocenters. The summed E-state index contributed by atoms with van der Waals surface area (Å²) in [6.07, 6.45) is 2.88. The number of halogens is 1. The quantitative estimate of drug-likeness (QED) is 0.849. The van der Waals surface area contributed by atoms with Crippen LogP contribution in [-0.2, 0) is 4.79 Å². The Hall–Kier alpha value is -1.09. The molecule has 1 aliphatic carbocycles.